The van der Waals surface area contributed by atoms with Crippen LogP contribution in [0.4, 0.5) is 0 Å². The molecule has 4 aromatic rings. The van der Waals surface area contributed by atoms with Crippen LogP contribution in [0.3, 0.4) is 0 Å². The van der Waals surface area contributed by atoms with Crippen LogP contribution in [-0.4, -0.2) is 10.8 Å². The number of hydrogen-bond acceptors (Lipinski definition) is 1. The van der Waals surface area contributed by atoms with E-state index in [1.54, 1.807) is 0 Å². The molecule has 2 heteroatoms. The van der Waals surface area contributed by atoms with E-state index in [2.05, 4.69) is 48.5 Å². The molecular formula is C28H21NO. The number of amides is 1. The summed E-state index contributed by atoms with van der Waals surface area (Å²) in [5, 5.41) is 2.32. The van der Waals surface area contributed by atoms with Gasteiger partial charge in [0.25, 0.3) is 5.91 Å². The minimum absolute atomic E-state index is 0.0330. The molecule has 0 saturated heterocycles. The molecule has 1 aliphatic heterocycles. The highest BCUT2D eigenvalue weighted by Crippen LogP contribution is 2.33. The molecule has 0 radical (unpaired) electrons. The molecular weight excluding hydrogens is 366 g/mol. The average Bonchev–Trinajstić information content (AvgIpc) is 3.10. The molecule has 1 amide bonds. The van der Waals surface area contributed by atoms with E-state index in [4.69, 9.17) is 0 Å². The summed E-state index contributed by atoms with van der Waals surface area (Å²) < 4.78 is 0. The van der Waals surface area contributed by atoms with Crippen LogP contribution in [0.15, 0.2) is 115 Å². The van der Waals surface area contributed by atoms with E-state index in [0.29, 0.717) is 12.1 Å². The lowest BCUT2D eigenvalue weighted by Gasteiger charge is -2.21. The monoisotopic (exact) mass is 387 g/mol. The lowest BCUT2D eigenvalue weighted by atomic mass is 10.0. The normalized spacial score (nSPS) is 15.1. The summed E-state index contributed by atoms with van der Waals surface area (Å²) in [6, 6.07) is 34.7. The molecule has 0 atom stereocenters. The Morgan fingerprint density at radius 1 is 0.700 bits per heavy atom. The van der Waals surface area contributed by atoms with E-state index in [1.165, 1.54) is 5.39 Å². The maximum atomic E-state index is 13.4. The lowest BCUT2D eigenvalue weighted by molar-refractivity contribution is -0.123. The summed E-state index contributed by atoms with van der Waals surface area (Å²) in [6.45, 7) is 0.549. The van der Waals surface area contributed by atoms with Crippen LogP contribution in [0.5, 0.6) is 0 Å². The van der Waals surface area contributed by atoms with E-state index < -0.39 is 0 Å². The Kier molecular flexibility index (Phi) is 4.74. The maximum Gasteiger partial charge on any atom is 0.258 e. The second kappa shape index (κ2) is 7.84. The van der Waals surface area contributed by atoms with Crippen LogP contribution in [0.2, 0.25) is 0 Å². The van der Waals surface area contributed by atoms with Gasteiger partial charge in [0.15, 0.2) is 0 Å². The van der Waals surface area contributed by atoms with Gasteiger partial charge in [0, 0.05) is 5.57 Å². The predicted octanol–water partition coefficient (Wildman–Crippen LogP) is 6.31. The quantitative estimate of drug-likeness (QED) is 0.376. The zero-order valence-electron chi connectivity index (χ0n) is 16.5. The van der Waals surface area contributed by atoms with E-state index >= 15 is 0 Å². The summed E-state index contributed by atoms with van der Waals surface area (Å²) in [4.78, 5) is 15.3. The van der Waals surface area contributed by atoms with Crippen molar-refractivity contribution < 1.29 is 4.79 Å². The molecule has 30 heavy (non-hydrogen) atoms. The first-order chi connectivity index (χ1) is 14.8. The number of fused-ring (bicyclic) bond motifs is 1. The van der Waals surface area contributed by atoms with Gasteiger partial charge in [0.1, 0.15) is 0 Å². The van der Waals surface area contributed by atoms with Crippen molar-refractivity contribution in [3.05, 3.63) is 131 Å². The third-order valence-corrected chi connectivity index (χ3v) is 5.46. The van der Waals surface area contributed by atoms with E-state index in [0.717, 1.165) is 27.8 Å². The van der Waals surface area contributed by atoms with Gasteiger partial charge in [-0.25, -0.2) is 0 Å². The van der Waals surface area contributed by atoms with E-state index in [1.807, 2.05) is 71.6 Å². The fraction of sp³-hybridized carbons (Fsp3) is 0.0357. The third kappa shape index (κ3) is 3.44. The highest BCUT2D eigenvalue weighted by atomic mass is 16.2. The highest BCUT2D eigenvalue weighted by molar-refractivity contribution is 6.11. The standard InChI is InChI=1S/C28H21NO/c30-28-25(18-24-16-9-15-22-12-7-8-17-26(22)24)19-27(23-13-5-2-6-14-23)29(28)20-21-10-3-1-4-11-21/h1-19H,20H2/b25-18+. The van der Waals surface area contributed by atoms with Gasteiger partial charge < -0.3 is 4.90 Å². The lowest BCUT2D eigenvalue weighted by Crippen LogP contribution is -2.25. The maximum absolute atomic E-state index is 13.4. The SMILES string of the molecule is O=C1/C(=C/c2cccc3ccccc23)C=C(c2ccccc2)N1Cc1ccccc1. The van der Waals surface area contributed by atoms with Crippen LogP contribution < -0.4 is 0 Å². The van der Waals surface area contributed by atoms with Gasteiger partial charge in [-0.15, -0.1) is 0 Å². The summed E-state index contributed by atoms with van der Waals surface area (Å²) in [5.41, 5.74) is 4.86. The molecule has 0 bridgehead atoms. The van der Waals surface area contributed by atoms with Crippen molar-refractivity contribution >= 4 is 28.5 Å². The van der Waals surface area contributed by atoms with Gasteiger partial charge in [0.05, 0.1) is 12.2 Å². The largest absolute Gasteiger partial charge is 0.303 e. The molecule has 4 aromatic carbocycles. The topological polar surface area (TPSA) is 20.3 Å². The molecule has 5 rings (SSSR count). The van der Waals surface area contributed by atoms with Crippen molar-refractivity contribution in [3.8, 4) is 0 Å². The molecule has 2 nitrogen and oxygen atoms in total. The molecule has 1 aliphatic rings. The van der Waals surface area contributed by atoms with Gasteiger partial charge >= 0.3 is 0 Å². The Balaban J connectivity index is 1.59. The van der Waals surface area contributed by atoms with Crippen LogP contribution >= 0.6 is 0 Å². The first kappa shape index (κ1) is 18.1. The van der Waals surface area contributed by atoms with Crippen LogP contribution in [0.1, 0.15) is 16.7 Å². The molecule has 0 N–H and O–H groups in total. The molecule has 0 spiro atoms. The zero-order chi connectivity index (χ0) is 20.3. The van der Waals surface area contributed by atoms with Crippen molar-refractivity contribution in [2.45, 2.75) is 6.54 Å². The number of hydrogen-bond donors (Lipinski definition) is 0. The molecule has 0 saturated carbocycles. The number of carbonyl (C=O) groups excluding carboxylic acids is 1. The predicted molar refractivity (Wildman–Crippen MR) is 123 cm³/mol. The fourth-order valence-corrected chi connectivity index (χ4v) is 3.97. The average molecular weight is 387 g/mol. The smallest absolute Gasteiger partial charge is 0.258 e. The first-order valence-corrected chi connectivity index (χ1v) is 10.1. The van der Waals surface area contributed by atoms with Gasteiger partial charge in [-0.2, -0.15) is 0 Å². The number of nitrogens with zero attached hydrogens (tertiary/aromatic N) is 1. The van der Waals surface area contributed by atoms with Crippen molar-refractivity contribution in [2.24, 2.45) is 0 Å². The van der Waals surface area contributed by atoms with Crippen molar-refractivity contribution in [1.82, 2.24) is 4.90 Å². The van der Waals surface area contributed by atoms with E-state index in [9.17, 15) is 4.79 Å². The Morgan fingerprint density at radius 2 is 1.37 bits per heavy atom. The second-order valence-electron chi connectivity index (χ2n) is 7.44. The summed E-state index contributed by atoms with van der Waals surface area (Å²) in [6.07, 6.45) is 4.03. The van der Waals surface area contributed by atoms with E-state index in [-0.39, 0.29) is 5.91 Å². The van der Waals surface area contributed by atoms with Gasteiger partial charge in [-0.3, -0.25) is 4.79 Å². The number of carbonyl (C=O) groups is 1. The summed E-state index contributed by atoms with van der Waals surface area (Å²) in [5.74, 6) is 0.0330. The van der Waals surface area contributed by atoms with Crippen LogP contribution in [0.25, 0.3) is 22.5 Å². The van der Waals surface area contributed by atoms with Gasteiger partial charge in [0.2, 0.25) is 0 Å². The Bertz CT molecular complexity index is 1260. The minimum atomic E-state index is 0.0330. The number of benzene rings is 4. The summed E-state index contributed by atoms with van der Waals surface area (Å²) in [7, 11) is 0. The second-order valence-corrected chi connectivity index (χ2v) is 7.44. The van der Waals surface area contributed by atoms with Crippen LogP contribution in [-0.2, 0) is 11.3 Å². The third-order valence-electron chi connectivity index (χ3n) is 5.46. The molecule has 0 aliphatic carbocycles. The Labute approximate surface area is 176 Å². The molecule has 0 fully saturated rings. The molecule has 144 valence electrons. The van der Waals surface area contributed by atoms with Gasteiger partial charge in [-0.1, -0.05) is 103 Å². The highest BCUT2D eigenvalue weighted by Gasteiger charge is 2.29. The van der Waals surface area contributed by atoms with Gasteiger partial charge in [-0.05, 0) is 39.6 Å². The van der Waals surface area contributed by atoms with Crippen molar-refractivity contribution in [1.29, 1.82) is 0 Å². The molecule has 0 unspecified atom stereocenters. The summed E-state index contributed by atoms with van der Waals surface area (Å²) >= 11 is 0. The van der Waals surface area contributed by atoms with Crippen LogP contribution in [0, 0.1) is 0 Å². The zero-order valence-corrected chi connectivity index (χ0v) is 16.5. The van der Waals surface area contributed by atoms with Crippen molar-refractivity contribution in [3.63, 3.8) is 0 Å². The van der Waals surface area contributed by atoms with Crippen molar-refractivity contribution in [2.75, 3.05) is 0 Å². The molecule has 0 aromatic heterocycles. The molecule has 1 heterocycles. The number of rotatable bonds is 4. The Hall–Kier alpha value is -3.91. The minimum Gasteiger partial charge on any atom is -0.303 e. The fourth-order valence-electron chi connectivity index (χ4n) is 3.97. The Morgan fingerprint density at radius 3 is 2.17 bits per heavy atom. The first-order valence-electron chi connectivity index (χ1n) is 10.1.